The van der Waals surface area contributed by atoms with Gasteiger partial charge >= 0.3 is 0 Å². The highest BCUT2D eigenvalue weighted by atomic mass is 16.5. The Morgan fingerprint density at radius 2 is 2.03 bits per heavy atom. The van der Waals surface area contributed by atoms with Gasteiger partial charge in [-0.05, 0) is 24.6 Å². The Kier molecular flexibility index (Phi) is 6.09. The van der Waals surface area contributed by atoms with Crippen molar-refractivity contribution in [1.29, 1.82) is 0 Å². The zero-order valence-electron chi connectivity index (χ0n) is 18.2. The molecule has 0 saturated carbocycles. The fourth-order valence-corrected chi connectivity index (χ4v) is 4.02. The van der Waals surface area contributed by atoms with Gasteiger partial charge in [-0.15, -0.1) is 0 Å². The van der Waals surface area contributed by atoms with Crippen LogP contribution in [0.2, 0.25) is 0 Å². The highest BCUT2D eigenvalue weighted by molar-refractivity contribution is 6.03. The Labute approximate surface area is 186 Å². The van der Waals surface area contributed by atoms with E-state index in [2.05, 4.69) is 30.5 Å². The molecule has 0 aliphatic carbocycles. The molecule has 9 heteroatoms. The number of anilines is 1. The van der Waals surface area contributed by atoms with E-state index in [9.17, 15) is 0 Å². The molecule has 0 amide bonds. The number of rotatable bonds is 7. The molecule has 0 atom stereocenters. The number of hydrogen-bond donors (Lipinski definition) is 3. The maximum absolute atomic E-state index is 6.09. The third kappa shape index (κ3) is 4.49. The minimum Gasteiger partial charge on any atom is -0.493 e. The van der Waals surface area contributed by atoms with E-state index in [1.807, 2.05) is 30.5 Å². The highest BCUT2D eigenvalue weighted by Gasteiger charge is 2.21. The molecule has 1 fully saturated rings. The second-order valence-corrected chi connectivity index (χ2v) is 7.83. The summed E-state index contributed by atoms with van der Waals surface area (Å²) in [5.74, 6) is 2.54. The van der Waals surface area contributed by atoms with Crippen LogP contribution in [0.5, 0.6) is 17.2 Å². The van der Waals surface area contributed by atoms with Crippen molar-refractivity contribution in [2.45, 2.75) is 6.42 Å². The van der Waals surface area contributed by atoms with Crippen LogP contribution >= 0.6 is 0 Å². The van der Waals surface area contributed by atoms with E-state index in [-0.39, 0.29) is 0 Å². The molecule has 4 heterocycles. The average Bonchev–Trinajstić information content (AvgIpc) is 3.30. The highest BCUT2D eigenvalue weighted by Crippen LogP contribution is 2.35. The first kappa shape index (κ1) is 20.6. The van der Waals surface area contributed by atoms with Crippen LogP contribution in [-0.2, 0) is 0 Å². The number of nitrogens with one attached hydrogen (secondary N) is 3. The van der Waals surface area contributed by atoms with Crippen molar-refractivity contribution in [3.63, 3.8) is 0 Å². The Morgan fingerprint density at radius 3 is 2.91 bits per heavy atom. The van der Waals surface area contributed by atoms with Gasteiger partial charge in [-0.2, -0.15) is 0 Å². The van der Waals surface area contributed by atoms with Crippen LogP contribution in [0.25, 0.3) is 11.0 Å². The van der Waals surface area contributed by atoms with E-state index in [4.69, 9.17) is 14.2 Å². The van der Waals surface area contributed by atoms with E-state index >= 15 is 0 Å². The molecule has 5 rings (SSSR count). The topological polar surface area (TPSA) is 96.0 Å². The second-order valence-electron chi connectivity index (χ2n) is 7.83. The molecule has 0 unspecified atom stereocenters. The maximum Gasteiger partial charge on any atom is 0.226 e. The number of pyridine rings is 1. The standard InChI is InChI=1S/C23H28N6O3/c1-30-20-12-18-19(13-21(20)31-10-2-7-29-8-5-24-6-9-29)27-15-28-23(18)32-17-11-16-3-4-25-22(16)26-14-17/h3-4,11-14,24,27H,2,5-10,15H2,1H3,(H,25,26). The average molecular weight is 437 g/mol. The van der Waals surface area contributed by atoms with Gasteiger partial charge in [0.05, 0.1) is 31.2 Å². The molecule has 2 aliphatic heterocycles. The predicted octanol–water partition coefficient (Wildman–Crippen LogP) is 2.45. The van der Waals surface area contributed by atoms with Crippen molar-refractivity contribution in [3.05, 3.63) is 42.2 Å². The summed E-state index contributed by atoms with van der Waals surface area (Å²) in [4.78, 5) is 14.4. The number of benzene rings is 1. The van der Waals surface area contributed by atoms with Crippen LogP contribution in [0.15, 0.2) is 41.7 Å². The van der Waals surface area contributed by atoms with Crippen molar-refractivity contribution in [3.8, 4) is 17.2 Å². The Bertz CT molecular complexity index is 1110. The summed E-state index contributed by atoms with van der Waals surface area (Å²) < 4.78 is 17.8. The summed E-state index contributed by atoms with van der Waals surface area (Å²) >= 11 is 0. The summed E-state index contributed by atoms with van der Waals surface area (Å²) in [5.41, 5.74) is 2.56. The minimum absolute atomic E-state index is 0.428. The maximum atomic E-state index is 6.09. The number of aromatic amines is 1. The molecular formula is C23H28N6O3. The molecule has 3 aromatic rings. The second kappa shape index (κ2) is 9.46. The minimum atomic E-state index is 0.428. The first-order chi connectivity index (χ1) is 15.8. The lowest BCUT2D eigenvalue weighted by Gasteiger charge is -2.27. The fraction of sp³-hybridized carbons (Fsp3) is 0.391. The van der Waals surface area contributed by atoms with Gasteiger partial charge in [0.1, 0.15) is 18.1 Å². The number of nitrogens with zero attached hydrogens (tertiary/aromatic N) is 3. The summed E-state index contributed by atoms with van der Waals surface area (Å²) in [6.45, 7) is 6.42. The van der Waals surface area contributed by atoms with E-state index in [1.165, 1.54) is 0 Å². The third-order valence-corrected chi connectivity index (χ3v) is 5.70. The van der Waals surface area contributed by atoms with Crippen LogP contribution in [0.1, 0.15) is 12.0 Å². The molecule has 32 heavy (non-hydrogen) atoms. The van der Waals surface area contributed by atoms with Gasteiger partial charge in [-0.1, -0.05) is 0 Å². The van der Waals surface area contributed by atoms with Crippen molar-refractivity contribution >= 4 is 22.6 Å². The van der Waals surface area contributed by atoms with Crippen LogP contribution in [0.4, 0.5) is 5.69 Å². The van der Waals surface area contributed by atoms with Crippen molar-refractivity contribution < 1.29 is 14.2 Å². The largest absolute Gasteiger partial charge is 0.493 e. The molecule has 0 radical (unpaired) electrons. The zero-order valence-corrected chi connectivity index (χ0v) is 18.2. The number of piperazine rings is 1. The quantitative estimate of drug-likeness (QED) is 0.490. The summed E-state index contributed by atoms with van der Waals surface area (Å²) in [5, 5.41) is 7.66. The van der Waals surface area contributed by atoms with Crippen LogP contribution < -0.4 is 24.8 Å². The monoisotopic (exact) mass is 436 g/mol. The Balaban J connectivity index is 1.27. The lowest BCUT2D eigenvalue weighted by atomic mass is 10.1. The fourth-order valence-electron chi connectivity index (χ4n) is 4.02. The summed E-state index contributed by atoms with van der Waals surface area (Å²) in [6.07, 6.45) is 4.52. The Hall–Kier alpha value is -3.30. The van der Waals surface area contributed by atoms with Gasteiger partial charge in [0.15, 0.2) is 11.5 Å². The number of fused-ring (bicyclic) bond motifs is 2. The lowest BCUT2D eigenvalue weighted by molar-refractivity contribution is 0.211. The van der Waals surface area contributed by atoms with Crippen LogP contribution in [0.3, 0.4) is 0 Å². The normalized spacial score (nSPS) is 16.2. The molecule has 1 saturated heterocycles. The van der Waals surface area contributed by atoms with E-state index < -0.39 is 0 Å². The molecule has 3 N–H and O–H groups in total. The molecule has 2 aromatic heterocycles. The lowest BCUT2D eigenvalue weighted by Crippen LogP contribution is -2.43. The van der Waals surface area contributed by atoms with Gasteiger partial charge in [-0.3, -0.25) is 0 Å². The molecule has 0 bridgehead atoms. The van der Waals surface area contributed by atoms with Crippen LogP contribution in [0, 0.1) is 0 Å². The van der Waals surface area contributed by atoms with E-state index in [0.29, 0.717) is 30.7 Å². The van der Waals surface area contributed by atoms with Crippen molar-refractivity contribution in [1.82, 2.24) is 20.2 Å². The molecular weight excluding hydrogens is 408 g/mol. The van der Waals surface area contributed by atoms with E-state index in [0.717, 1.165) is 67.2 Å². The number of H-pyrrole nitrogens is 1. The first-order valence-corrected chi connectivity index (χ1v) is 11.0. The predicted molar refractivity (Wildman–Crippen MR) is 124 cm³/mol. The SMILES string of the molecule is COc1cc2c(cc1OCCCN1CCNCC1)NCN=C2Oc1cnc2[nH]ccc2c1. The molecule has 2 aliphatic rings. The third-order valence-electron chi connectivity index (χ3n) is 5.70. The molecule has 9 nitrogen and oxygen atoms in total. The van der Waals surface area contributed by atoms with Gasteiger partial charge in [0.2, 0.25) is 5.90 Å². The van der Waals surface area contributed by atoms with E-state index in [1.54, 1.807) is 13.3 Å². The zero-order chi connectivity index (χ0) is 21.8. The van der Waals surface area contributed by atoms with Crippen molar-refractivity contribution in [2.24, 2.45) is 4.99 Å². The number of methoxy groups -OCH3 is 1. The van der Waals surface area contributed by atoms with Gasteiger partial charge in [-0.25, -0.2) is 9.98 Å². The van der Waals surface area contributed by atoms with Gasteiger partial charge < -0.3 is 34.7 Å². The van der Waals surface area contributed by atoms with Crippen molar-refractivity contribution in [2.75, 3.05) is 58.4 Å². The number of aromatic nitrogens is 2. The number of ether oxygens (including phenoxy) is 3. The van der Waals surface area contributed by atoms with Crippen LogP contribution in [-0.4, -0.2) is 73.9 Å². The molecule has 1 aromatic carbocycles. The molecule has 0 spiro atoms. The van der Waals surface area contributed by atoms with Gasteiger partial charge in [0.25, 0.3) is 0 Å². The van der Waals surface area contributed by atoms with Gasteiger partial charge in [0, 0.05) is 50.4 Å². The molecule has 168 valence electrons. The smallest absolute Gasteiger partial charge is 0.226 e. The number of aliphatic imine (C=N–C) groups is 1. The summed E-state index contributed by atoms with van der Waals surface area (Å²) in [7, 11) is 1.65. The first-order valence-electron chi connectivity index (χ1n) is 11.0. The Morgan fingerprint density at radius 1 is 1.12 bits per heavy atom. The summed E-state index contributed by atoms with van der Waals surface area (Å²) in [6, 6.07) is 7.78. The number of hydrogen-bond acceptors (Lipinski definition) is 8.